The molecule has 2 rings (SSSR count). The van der Waals surface area contributed by atoms with Gasteiger partial charge in [0.2, 0.25) is 0 Å². The normalized spacial score (nSPS) is 21.9. The summed E-state index contributed by atoms with van der Waals surface area (Å²) in [5, 5.41) is 0. The highest BCUT2D eigenvalue weighted by Gasteiger charge is 2.10. The molecular formula is C11H13N. The van der Waals surface area contributed by atoms with Crippen LogP contribution in [-0.2, 0) is 0 Å². The Morgan fingerprint density at radius 1 is 1.42 bits per heavy atom. The second-order valence-electron chi connectivity index (χ2n) is 3.25. The quantitative estimate of drug-likeness (QED) is 0.515. The second kappa shape index (κ2) is 3.10. The highest BCUT2D eigenvalue weighted by molar-refractivity contribution is 5.65. The molecule has 0 spiro atoms. The summed E-state index contributed by atoms with van der Waals surface area (Å²) in [6.07, 6.45) is 12.0. The molecule has 0 amide bonds. The number of hydrogen-bond donors (Lipinski definition) is 0. The van der Waals surface area contributed by atoms with E-state index in [0.29, 0.717) is 0 Å². The van der Waals surface area contributed by atoms with Crippen molar-refractivity contribution in [2.24, 2.45) is 4.99 Å². The molecule has 2 aliphatic rings. The molecule has 0 saturated carbocycles. The SMILES string of the molecule is CC1=C2N=CCCC2=CCC=C1. The van der Waals surface area contributed by atoms with Gasteiger partial charge in [0.25, 0.3) is 0 Å². The van der Waals surface area contributed by atoms with Crippen molar-refractivity contribution in [2.75, 3.05) is 0 Å². The Hall–Kier alpha value is -1.11. The summed E-state index contributed by atoms with van der Waals surface area (Å²) in [4.78, 5) is 4.43. The van der Waals surface area contributed by atoms with Crippen LogP contribution in [0.2, 0.25) is 0 Å². The monoisotopic (exact) mass is 159 g/mol. The third-order valence-corrected chi connectivity index (χ3v) is 2.31. The van der Waals surface area contributed by atoms with Gasteiger partial charge in [-0.1, -0.05) is 18.2 Å². The van der Waals surface area contributed by atoms with Crippen LogP contribution in [0.25, 0.3) is 0 Å². The van der Waals surface area contributed by atoms with Gasteiger partial charge in [0.15, 0.2) is 0 Å². The molecular weight excluding hydrogens is 146 g/mol. The Bertz CT molecular complexity index is 303. The average molecular weight is 159 g/mol. The zero-order chi connectivity index (χ0) is 8.39. The van der Waals surface area contributed by atoms with Crippen LogP contribution in [0.4, 0.5) is 0 Å². The van der Waals surface area contributed by atoms with Crippen molar-refractivity contribution in [2.45, 2.75) is 26.2 Å². The highest BCUT2D eigenvalue weighted by Crippen LogP contribution is 2.27. The summed E-state index contributed by atoms with van der Waals surface area (Å²) in [6, 6.07) is 0. The van der Waals surface area contributed by atoms with Crippen molar-refractivity contribution >= 4 is 6.21 Å². The van der Waals surface area contributed by atoms with Crippen LogP contribution in [-0.4, -0.2) is 6.21 Å². The van der Waals surface area contributed by atoms with Gasteiger partial charge < -0.3 is 0 Å². The molecule has 0 aromatic carbocycles. The Kier molecular flexibility index (Phi) is 1.94. The van der Waals surface area contributed by atoms with E-state index in [4.69, 9.17) is 0 Å². The van der Waals surface area contributed by atoms with E-state index in [-0.39, 0.29) is 0 Å². The Balaban J connectivity index is 2.48. The van der Waals surface area contributed by atoms with Crippen molar-refractivity contribution < 1.29 is 0 Å². The first kappa shape index (κ1) is 7.53. The van der Waals surface area contributed by atoms with E-state index in [0.717, 1.165) is 19.3 Å². The minimum atomic E-state index is 1.06. The molecule has 1 heteroatoms. The first-order chi connectivity index (χ1) is 5.88. The molecule has 0 N–H and O–H groups in total. The molecule has 0 radical (unpaired) electrons. The van der Waals surface area contributed by atoms with Gasteiger partial charge in [-0.15, -0.1) is 0 Å². The maximum atomic E-state index is 4.43. The number of fused-ring (bicyclic) bond motifs is 1. The third-order valence-electron chi connectivity index (χ3n) is 2.31. The van der Waals surface area contributed by atoms with Gasteiger partial charge in [-0.05, 0) is 37.3 Å². The van der Waals surface area contributed by atoms with Crippen LogP contribution >= 0.6 is 0 Å². The topological polar surface area (TPSA) is 12.4 Å². The molecule has 12 heavy (non-hydrogen) atoms. The fraction of sp³-hybridized carbons (Fsp3) is 0.364. The van der Waals surface area contributed by atoms with Crippen molar-refractivity contribution in [3.8, 4) is 0 Å². The maximum absolute atomic E-state index is 4.43. The zero-order valence-corrected chi connectivity index (χ0v) is 7.38. The number of allylic oxidation sites excluding steroid dienone is 5. The molecule has 0 atom stereocenters. The molecule has 1 aliphatic carbocycles. The molecule has 62 valence electrons. The fourth-order valence-corrected chi connectivity index (χ4v) is 1.67. The lowest BCUT2D eigenvalue weighted by Gasteiger charge is -2.12. The van der Waals surface area contributed by atoms with Crippen LogP contribution in [0.1, 0.15) is 26.2 Å². The molecule has 0 aromatic heterocycles. The van der Waals surface area contributed by atoms with Gasteiger partial charge in [-0.3, -0.25) is 4.99 Å². The molecule has 0 fully saturated rings. The first-order valence-corrected chi connectivity index (χ1v) is 4.47. The number of aliphatic imine (C=N–C) groups is 1. The zero-order valence-electron chi connectivity index (χ0n) is 7.38. The second-order valence-corrected chi connectivity index (χ2v) is 3.25. The number of nitrogens with zero attached hydrogens (tertiary/aromatic N) is 1. The van der Waals surface area contributed by atoms with Gasteiger partial charge in [-0.25, -0.2) is 0 Å². The van der Waals surface area contributed by atoms with E-state index in [2.05, 4.69) is 30.1 Å². The van der Waals surface area contributed by atoms with Crippen molar-refractivity contribution in [3.63, 3.8) is 0 Å². The van der Waals surface area contributed by atoms with E-state index < -0.39 is 0 Å². The maximum Gasteiger partial charge on any atom is 0.0683 e. The van der Waals surface area contributed by atoms with Crippen LogP contribution in [0.5, 0.6) is 0 Å². The predicted octanol–water partition coefficient (Wildman–Crippen LogP) is 3.01. The summed E-state index contributed by atoms with van der Waals surface area (Å²) < 4.78 is 0. The van der Waals surface area contributed by atoms with E-state index in [9.17, 15) is 0 Å². The van der Waals surface area contributed by atoms with Gasteiger partial charge in [0, 0.05) is 6.21 Å². The Morgan fingerprint density at radius 3 is 3.25 bits per heavy atom. The van der Waals surface area contributed by atoms with E-state index >= 15 is 0 Å². The molecule has 0 aromatic rings. The lowest BCUT2D eigenvalue weighted by Crippen LogP contribution is -1.97. The summed E-state index contributed by atoms with van der Waals surface area (Å²) in [7, 11) is 0. The molecule has 1 heterocycles. The van der Waals surface area contributed by atoms with Crippen molar-refractivity contribution in [3.05, 3.63) is 35.1 Å². The smallest absolute Gasteiger partial charge is 0.0683 e. The van der Waals surface area contributed by atoms with Gasteiger partial charge >= 0.3 is 0 Å². The van der Waals surface area contributed by atoms with Crippen molar-refractivity contribution in [1.82, 2.24) is 0 Å². The van der Waals surface area contributed by atoms with Gasteiger partial charge in [0.1, 0.15) is 0 Å². The highest BCUT2D eigenvalue weighted by atomic mass is 14.8. The Morgan fingerprint density at radius 2 is 2.33 bits per heavy atom. The molecule has 0 saturated heterocycles. The minimum absolute atomic E-state index is 1.06. The van der Waals surface area contributed by atoms with Crippen molar-refractivity contribution in [1.29, 1.82) is 0 Å². The first-order valence-electron chi connectivity index (χ1n) is 4.47. The summed E-state index contributed by atoms with van der Waals surface area (Å²) in [5.41, 5.74) is 3.93. The lowest BCUT2D eigenvalue weighted by molar-refractivity contribution is 0.972. The number of rotatable bonds is 0. The van der Waals surface area contributed by atoms with E-state index in [1.165, 1.54) is 16.8 Å². The van der Waals surface area contributed by atoms with Crippen LogP contribution < -0.4 is 0 Å². The van der Waals surface area contributed by atoms with E-state index in [1.807, 2.05) is 6.21 Å². The summed E-state index contributed by atoms with van der Waals surface area (Å²) in [5.74, 6) is 0. The molecule has 0 bridgehead atoms. The van der Waals surface area contributed by atoms with E-state index in [1.54, 1.807) is 0 Å². The van der Waals surface area contributed by atoms with Crippen LogP contribution in [0, 0.1) is 0 Å². The van der Waals surface area contributed by atoms with Crippen LogP contribution in [0.3, 0.4) is 0 Å². The molecule has 0 unspecified atom stereocenters. The molecule has 1 nitrogen and oxygen atoms in total. The lowest BCUT2D eigenvalue weighted by atomic mass is 10.0. The third kappa shape index (κ3) is 1.27. The standard InChI is InChI=1S/C11H13N/c1-9-5-2-3-6-10-7-4-8-12-11(9)10/h2,5-6,8H,3-4,7H2,1H3. The average Bonchev–Trinajstić information content (AvgIpc) is 2.29. The predicted molar refractivity (Wildman–Crippen MR) is 52.3 cm³/mol. The largest absolute Gasteiger partial charge is 0.261 e. The Labute approximate surface area is 73.2 Å². The number of hydrogen-bond acceptors (Lipinski definition) is 1. The van der Waals surface area contributed by atoms with Gasteiger partial charge in [0.05, 0.1) is 5.70 Å². The summed E-state index contributed by atoms with van der Waals surface area (Å²) >= 11 is 0. The van der Waals surface area contributed by atoms with Gasteiger partial charge in [-0.2, -0.15) is 0 Å². The summed E-state index contributed by atoms with van der Waals surface area (Å²) in [6.45, 7) is 2.13. The molecule has 1 aliphatic heterocycles. The minimum Gasteiger partial charge on any atom is -0.261 e. The van der Waals surface area contributed by atoms with Crippen LogP contribution in [0.15, 0.2) is 40.1 Å². The fourth-order valence-electron chi connectivity index (χ4n) is 1.67.